The third kappa shape index (κ3) is 3.33. The number of rotatable bonds is 5. The van der Waals surface area contributed by atoms with Gasteiger partial charge in [-0.1, -0.05) is 6.07 Å². The molecule has 0 amide bonds. The molecule has 0 N–H and O–H groups in total. The van der Waals surface area contributed by atoms with E-state index in [9.17, 15) is 4.79 Å². The zero-order valence-corrected chi connectivity index (χ0v) is 10.9. The van der Waals surface area contributed by atoms with Crippen molar-refractivity contribution in [2.24, 2.45) is 0 Å². The van der Waals surface area contributed by atoms with Crippen LogP contribution >= 0.6 is 0 Å². The van der Waals surface area contributed by atoms with Crippen LogP contribution < -0.4 is 0 Å². The number of carbonyl (C=O) groups excluding carboxylic acids is 1. The molecule has 0 heterocycles. The van der Waals surface area contributed by atoms with Crippen molar-refractivity contribution in [2.75, 3.05) is 19.8 Å². The fourth-order valence-corrected chi connectivity index (χ4v) is 2.28. The van der Waals surface area contributed by atoms with Gasteiger partial charge >= 0.3 is 5.97 Å². The number of benzene rings is 1. The Balaban J connectivity index is 1.94. The van der Waals surface area contributed by atoms with Gasteiger partial charge in [0, 0.05) is 6.61 Å². The Morgan fingerprint density at radius 1 is 1.17 bits per heavy atom. The highest BCUT2D eigenvalue weighted by Crippen LogP contribution is 2.22. The van der Waals surface area contributed by atoms with Crippen molar-refractivity contribution in [2.45, 2.75) is 32.6 Å². The van der Waals surface area contributed by atoms with E-state index in [2.05, 4.69) is 6.07 Å². The Morgan fingerprint density at radius 2 is 1.94 bits per heavy atom. The maximum absolute atomic E-state index is 11.8. The molecule has 18 heavy (non-hydrogen) atoms. The lowest BCUT2D eigenvalue weighted by molar-refractivity contribution is 0.0335. The molecule has 1 aromatic carbocycles. The molecule has 0 saturated carbocycles. The smallest absolute Gasteiger partial charge is 0.338 e. The maximum Gasteiger partial charge on any atom is 0.338 e. The van der Waals surface area contributed by atoms with E-state index in [4.69, 9.17) is 9.47 Å². The van der Waals surface area contributed by atoms with E-state index in [0.29, 0.717) is 25.4 Å². The summed E-state index contributed by atoms with van der Waals surface area (Å²) in [7, 11) is 0. The van der Waals surface area contributed by atoms with Gasteiger partial charge in [0.1, 0.15) is 6.61 Å². The van der Waals surface area contributed by atoms with Gasteiger partial charge in [-0.25, -0.2) is 4.79 Å². The average Bonchev–Trinajstić information content (AvgIpc) is 2.43. The van der Waals surface area contributed by atoms with Gasteiger partial charge < -0.3 is 9.47 Å². The summed E-state index contributed by atoms with van der Waals surface area (Å²) in [6.45, 7) is 3.36. The van der Waals surface area contributed by atoms with Gasteiger partial charge in [0.25, 0.3) is 0 Å². The third-order valence-corrected chi connectivity index (χ3v) is 3.25. The number of fused-ring (bicyclic) bond motifs is 1. The maximum atomic E-state index is 11.8. The first kappa shape index (κ1) is 13.1. The normalized spacial score (nSPS) is 14.1. The predicted octanol–water partition coefficient (Wildman–Crippen LogP) is 2.76. The summed E-state index contributed by atoms with van der Waals surface area (Å²) in [6, 6.07) is 5.91. The van der Waals surface area contributed by atoms with Crippen LogP contribution in [0.3, 0.4) is 0 Å². The van der Waals surface area contributed by atoms with Gasteiger partial charge in [-0.05, 0) is 55.9 Å². The van der Waals surface area contributed by atoms with E-state index < -0.39 is 0 Å². The Hall–Kier alpha value is -1.35. The van der Waals surface area contributed by atoms with Crippen molar-refractivity contribution in [3.8, 4) is 0 Å². The molecule has 0 aromatic heterocycles. The van der Waals surface area contributed by atoms with Gasteiger partial charge in [0.2, 0.25) is 0 Å². The molecule has 0 aliphatic heterocycles. The van der Waals surface area contributed by atoms with Crippen LogP contribution in [-0.2, 0) is 22.3 Å². The van der Waals surface area contributed by atoms with Crippen molar-refractivity contribution in [3.63, 3.8) is 0 Å². The summed E-state index contributed by atoms with van der Waals surface area (Å²) >= 11 is 0. The van der Waals surface area contributed by atoms with E-state index in [0.717, 1.165) is 12.8 Å². The number of hydrogen-bond acceptors (Lipinski definition) is 3. The quantitative estimate of drug-likeness (QED) is 0.593. The molecule has 2 rings (SSSR count). The lowest BCUT2D eigenvalue weighted by Crippen LogP contribution is -2.12. The lowest BCUT2D eigenvalue weighted by atomic mass is 9.90. The van der Waals surface area contributed by atoms with Crippen LogP contribution in [0.15, 0.2) is 18.2 Å². The zero-order chi connectivity index (χ0) is 12.8. The number of ether oxygens (including phenoxy) is 2. The van der Waals surface area contributed by atoms with Crippen LogP contribution in [0, 0.1) is 0 Å². The monoisotopic (exact) mass is 248 g/mol. The van der Waals surface area contributed by atoms with Crippen molar-refractivity contribution < 1.29 is 14.3 Å². The predicted molar refractivity (Wildman–Crippen MR) is 69.9 cm³/mol. The molecule has 0 spiro atoms. The minimum atomic E-state index is -0.247. The first-order valence-electron chi connectivity index (χ1n) is 6.68. The summed E-state index contributed by atoms with van der Waals surface area (Å²) in [6.07, 6.45) is 4.69. The van der Waals surface area contributed by atoms with E-state index >= 15 is 0 Å². The number of carbonyl (C=O) groups is 1. The summed E-state index contributed by atoms with van der Waals surface area (Å²) < 4.78 is 10.3. The Kier molecular flexibility index (Phi) is 4.76. The van der Waals surface area contributed by atoms with Crippen LogP contribution in [0.4, 0.5) is 0 Å². The molecule has 1 aromatic rings. The zero-order valence-electron chi connectivity index (χ0n) is 10.9. The molecule has 0 radical (unpaired) electrons. The summed E-state index contributed by atoms with van der Waals surface area (Å²) in [4.78, 5) is 11.8. The molecular formula is C15H20O3. The molecule has 0 saturated heterocycles. The van der Waals surface area contributed by atoms with Crippen LogP contribution in [0.25, 0.3) is 0 Å². The number of aryl methyl sites for hydroxylation is 2. The minimum absolute atomic E-state index is 0.247. The standard InChI is InChI=1S/C15H20O3/c1-2-17-9-10-18-15(16)14-8-7-12-5-3-4-6-13(12)11-14/h7-8,11H,2-6,9-10H2,1H3. The Labute approximate surface area is 108 Å². The van der Waals surface area contributed by atoms with E-state index in [-0.39, 0.29) is 5.97 Å². The largest absolute Gasteiger partial charge is 0.460 e. The van der Waals surface area contributed by atoms with E-state index in [1.54, 1.807) is 0 Å². The van der Waals surface area contributed by atoms with E-state index in [1.807, 2.05) is 19.1 Å². The van der Waals surface area contributed by atoms with Crippen molar-refractivity contribution >= 4 is 5.97 Å². The van der Waals surface area contributed by atoms with Gasteiger partial charge in [0.15, 0.2) is 0 Å². The fraction of sp³-hybridized carbons (Fsp3) is 0.533. The third-order valence-electron chi connectivity index (χ3n) is 3.25. The van der Waals surface area contributed by atoms with Gasteiger partial charge in [0.05, 0.1) is 12.2 Å². The Bertz CT molecular complexity index is 412. The SMILES string of the molecule is CCOCCOC(=O)c1ccc2c(c1)CCCC2. The molecule has 3 heteroatoms. The van der Waals surface area contributed by atoms with E-state index in [1.165, 1.54) is 24.0 Å². The molecular weight excluding hydrogens is 228 g/mol. The molecule has 3 nitrogen and oxygen atoms in total. The second kappa shape index (κ2) is 6.55. The van der Waals surface area contributed by atoms with Crippen molar-refractivity contribution in [1.82, 2.24) is 0 Å². The summed E-state index contributed by atoms with van der Waals surface area (Å²) in [5, 5.41) is 0. The summed E-state index contributed by atoms with van der Waals surface area (Å²) in [5.74, 6) is -0.247. The molecule has 0 atom stereocenters. The van der Waals surface area contributed by atoms with Crippen LogP contribution in [-0.4, -0.2) is 25.8 Å². The fourth-order valence-electron chi connectivity index (χ4n) is 2.28. The molecule has 0 unspecified atom stereocenters. The highest BCUT2D eigenvalue weighted by molar-refractivity contribution is 5.89. The van der Waals surface area contributed by atoms with Crippen LogP contribution in [0.5, 0.6) is 0 Å². The van der Waals surface area contributed by atoms with Crippen molar-refractivity contribution in [1.29, 1.82) is 0 Å². The van der Waals surface area contributed by atoms with Crippen LogP contribution in [0.1, 0.15) is 41.3 Å². The topological polar surface area (TPSA) is 35.5 Å². The van der Waals surface area contributed by atoms with Crippen molar-refractivity contribution in [3.05, 3.63) is 34.9 Å². The first-order chi connectivity index (χ1) is 8.81. The highest BCUT2D eigenvalue weighted by Gasteiger charge is 2.13. The Morgan fingerprint density at radius 3 is 2.72 bits per heavy atom. The molecule has 0 fully saturated rings. The van der Waals surface area contributed by atoms with Crippen LogP contribution in [0.2, 0.25) is 0 Å². The average molecular weight is 248 g/mol. The molecule has 1 aliphatic rings. The lowest BCUT2D eigenvalue weighted by Gasteiger charge is -2.16. The second-order valence-electron chi connectivity index (χ2n) is 4.52. The molecule has 98 valence electrons. The summed E-state index contributed by atoms with van der Waals surface area (Å²) in [5.41, 5.74) is 3.35. The number of hydrogen-bond donors (Lipinski definition) is 0. The number of esters is 1. The second-order valence-corrected chi connectivity index (χ2v) is 4.52. The molecule has 0 bridgehead atoms. The molecule has 1 aliphatic carbocycles. The van der Waals surface area contributed by atoms with Gasteiger partial charge in [-0.2, -0.15) is 0 Å². The highest BCUT2D eigenvalue weighted by atomic mass is 16.6. The minimum Gasteiger partial charge on any atom is -0.460 e. The van der Waals surface area contributed by atoms with Gasteiger partial charge in [-0.3, -0.25) is 0 Å². The van der Waals surface area contributed by atoms with Gasteiger partial charge in [-0.15, -0.1) is 0 Å². The first-order valence-corrected chi connectivity index (χ1v) is 6.68.